The summed E-state index contributed by atoms with van der Waals surface area (Å²) in [4.78, 5) is 2.42. The summed E-state index contributed by atoms with van der Waals surface area (Å²) in [6.45, 7) is 5.18. The lowest BCUT2D eigenvalue weighted by molar-refractivity contribution is 0.676. The lowest BCUT2D eigenvalue weighted by Gasteiger charge is -2.25. The van der Waals surface area contributed by atoms with Gasteiger partial charge in [-0.3, -0.25) is 4.68 Å². The number of benzene rings is 1. The van der Waals surface area contributed by atoms with Crippen molar-refractivity contribution in [1.29, 1.82) is 0 Å². The van der Waals surface area contributed by atoms with E-state index in [1.54, 1.807) is 0 Å². The Morgan fingerprint density at radius 1 is 1.29 bits per heavy atom. The molecule has 0 spiro atoms. The lowest BCUT2D eigenvalue weighted by Crippen LogP contribution is -2.28. The third kappa shape index (κ3) is 2.75. The summed E-state index contributed by atoms with van der Waals surface area (Å²) in [6.07, 6.45) is 2.49. The smallest absolute Gasteiger partial charge is 0.150 e. The van der Waals surface area contributed by atoms with Gasteiger partial charge < -0.3 is 10.6 Å². The SMILES string of the molecule is CC(C)c1nn(C)c(N(Cc2ccccc2)C2CC2)c1N. The summed E-state index contributed by atoms with van der Waals surface area (Å²) in [5.74, 6) is 1.42. The van der Waals surface area contributed by atoms with E-state index in [2.05, 4.69) is 54.2 Å². The molecule has 1 aromatic heterocycles. The highest BCUT2D eigenvalue weighted by Crippen LogP contribution is 2.38. The van der Waals surface area contributed by atoms with Crippen LogP contribution in [-0.4, -0.2) is 15.8 Å². The lowest BCUT2D eigenvalue weighted by atomic mass is 10.1. The first-order valence-corrected chi connectivity index (χ1v) is 7.71. The van der Waals surface area contributed by atoms with Crippen molar-refractivity contribution >= 4 is 11.5 Å². The van der Waals surface area contributed by atoms with Crippen LogP contribution < -0.4 is 10.6 Å². The van der Waals surface area contributed by atoms with Gasteiger partial charge in [0.25, 0.3) is 0 Å². The fourth-order valence-electron chi connectivity index (χ4n) is 2.86. The highest BCUT2D eigenvalue weighted by molar-refractivity contribution is 5.68. The minimum atomic E-state index is 0.350. The van der Waals surface area contributed by atoms with E-state index in [1.807, 2.05) is 11.7 Å². The molecule has 3 rings (SSSR count). The second-order valence-electron chi connectivity index (χ2n) is 6.25. The molecule has 0 amide bonds. The van der Waals surface area contributed by atoms with Crippen LogP contribution in [0.4, 0.5) is 11.5 Å². The van der Waals surface area contributed by atoms with Gasteiger partial charge in [0, 0.05) is 19.6 Å². The van der Waals surface area contributed by atoms with Crippen LogP contribution in [0.1, 0.15) is 43.9 Å². The fraction of sp³-hybridized carbons (Fsp3) is 0.471. The number of aryl methyl sites for hydroxylation is 1. The molecular formula is C17H24N4. The van der Waals surface area contributed by atoms with Crippen LogP contribution in [-0.2, 0) is 13.6 Å². The molecule has 0 unspecified atom stereocenters. The maximum Gasteiger partial charge on any atom is 0.150 e. The quantitative estimate of drug-likeness (QED) is 0.916. The Kier molecular flexibility index (Phi) is 3.62. The van der Waals surface area contributed by atoms with E-state index in [-0.39, 0.29) is 0 Å². The topological polar surface area (TPSA) is 47.1 Å². The third-order valence-electron chi connectivity index (χ3n) is 4.08. The summed E-state index contributed by atoms with van der Waals surface area (Å²) < 4.78 is 1.95. The van der Waals surface area contributed by atoms with Gasteiger partial charge in [-0.2, -0.15) is 5.10 Å². The van der Waals surface area contributed by atoms with Gasteiger partial charge in [-0.05, 0) is 24.3 Å². The summed E-state index contributed by atoms with van der Waals surface area (Å²) in [6, 6.07) is 11.2. The first-order chi connectivity index (χ1) is 10.1. The van der Waals surface area contributed by atoms with Gasteiger partial charge in [0.05, 0.1) is 11.4 Å². The number of hydrogen-bond donors (Lipinski definition) is 1. The van der Waals surface area contributed by atoms with Crippen LogP contribution >= 0.6 is 0 Å². The molecule has 1 aromatic carbocycles. The van der Waals surface area contributed by atoms with Crippen molar-refractivity contribution < 1.29 is 0 Å². The highest BCUT2D eigenvalue weighted by Gasteiger charge is 2.33. The zero-order chi connectivity index (χ0) is 15.0. The number of anilines is 2. The van der Waals surface area contributed by atoms with Crippen molar-refractivity contribution in [2.75, 3.05) is 10.6 Å². The van der Waals surface area contributed by atoms with Crippen molar-refractivity contribution in [1.82, 2.24) is 9.78 Å². The molecule has 0 saturated heterocycles. The Hall–Kier alpha value is -1.97. The van der Waals surface area contributed by atoms with E-state index >= 15 is 0 Å². The van der Waals surface area contributed by atoms with Crippen LogP contribution in [0.5, 0.6) is 0 Å². The van der Waals surface area contributed by atoms with Crippen molar-refractivity contribution in [3.05, 3.63) is 41.6 Å². The molecule has 1 fully saturated rings. The Morgan fingerprint density at radius 3 is 2.48 bits per heavy atom. The van der Waals surface area contributed by atoms with E-state index in [4.69, 9.17) is 5.73 Å². The average molecular weight is 284 g/mol. The van der Waals surface area contributed by atoms with Crippen molar-refractivity contribution in [2.45, 2.75) is 45.2 Å². The van der Waals surface area contributed by atoms with Crippen LogP contribution in [0.25, 0.3) is 0 Å². The summed E-state index contributed by atoms with van der Waals surface area (Å²) in [5, 5.41) is 4.63. The molecular weight excluding hydrogens is 260 g/mol. The highest BCUT2D eigenvalue weighted by atomic mass is 15.4. The first kappa shape index (κ1) is 14.0. The largest absolute Gasteiger partial charge is 0.394 e. The van der Waals surface area contributed by atoms with Gasteiger partial charge in [0.15, 0.2) is 5.82 Å². The van der Waals surface area contributed by atoms with E-state index < -0.39 is 0 Å². The molecule has 4 nitrogen and oxygen atoms in total. The molecule has 21 heavy (non-hydrogen) atoms. The number of hydrogen-bond acceptors (Lipinski definition) is 3. The van der Waals surface area contributed by atoms with Gasteiger partial charge in [-0.1, -0.05) is 44.2 Å². The number of rotatable bonds is 5. The van der Waals surface area contributed by atoms with Gasteiger partial charge in [-0.15, -0.1) is 0 Å². The number of aromatic nitrogens is 2. The number of nitrogen functional groups attached to an aromatic ring is 1. The molecule has 1 aliphatic rings. The number of nitrogens with zero attached hydrogens (tertiary/aromatic N) is 3. The van der Waals surface area contributed by atoms with Crippen LogP contribution in [0.3, 0.4) is 0 Å². The molecule has 2 aromatic rings. The average Bonchev–Trinajstić information content (AvgIpc) is 3.25. The fourth-order valence-corrected chi connectivity index (χ4v) is 2.86. The molecule has 4 heteroatoms. The molecule has 1 aliphatic carbocycles. The first-order valence-electron chi connectivity index (χ1n) is 7.71. The van der Waals surface area contributed by atoms with E-state index in [1.165, 1.54) is 18.4 Å². The Morgan fingerprint density at radius 2 is 1.95 bits per heavy atom. The van der Waals surface area contributed by atoms with Crippen molar-refractivity contribution in [2.24, 2.45) is 7.05 Å². The van der Waals surface area contributed by atoms with E-state index in [0.29, 0.717) is 12.0 Å². The molecule has 0 aliphatic heterocycles. The summed E-state index contributed by atoms with van der Waals surface area (Å²) in [7, 11) is 2.00. The third-order valence-corrected chi connectivity index (χ3v) is 4.08. The molecule has 1 saturated carbocycles. The molecule has 0 bridgehead atoms. The number of nitrogens with two attached hydrogens (primary N) is 1. The standard InChI is InChI=1S/C17H24N4/c1-12(2)16-15(18)17(20(3)19-16)21(14-9-10-14)11-13-7-5-4-6-8-13/h4-8,12,14H,9-11,18H2,1-3H3. The van der Waals surface area contributed by atoms with Gasteiger partial charge in [-0.25, -0.2) is 0 Å². The monoisotopic (exact) mass is 284 g/mol. The minimum Gasteiger partial charge on any atom is -0.394 e. The molecule has 0 radical (unpaired) electrons. The summed E-state index contributed by atoms with van der Waals surface area (Å²) in [5.41, 5.74) is 9.56. The minimum absolute atomic E-state index is 0.350. The Bertz CT molecular complexity index is 611. The Balaban J connectivity index is 1.95. The van der Waals surface area contributed by atoms with Gasteiger partial charge in [0.2, 0.25) is 0 Å². The van der Waals surface area contributed by atoms with E-state index in [0.717, 1.165) is 23.7 Å². The normalized spacial score (nSPS) is 14.7. The van der Waals surface area contributed by atoms with E-state index in [9.17, 15) is 0 Å². The molecule has 0 atom stereocenters. The summed E-state index contributed by atoms with van der Waals surface area (Å²) >= 11 is 0. The van der Waals surface area contributed by atoms with Crippen molar-refractivity contribution in [3.63, 3.8) is 0 Å². The van der Waals surface area contributed by atoms with Gasteiger partial charge in [0.1, 0.15) is 0 Å². The zero-order valence-corrected chi connectivity index (χ0v) is 13.1. The maximum absolute atomic E-state index is 6.40. The predicted octanol–water partition coefficient (Wildman–Crippen LogP) is 3.29. The maximum atomic E-state index is 6.40. The molecule has 1 heterocycles. The predicted molar refractivity (Wildman–Crippen MR) is 87.4 cm³/mol. The van der Waals surface area contributed by atoms with Crippen LogP contribution in [0.15, 0.2) is 30.3 Å². The zero-order valence-electron chi connectivity index (χ0n) is 13.1. The second-order valence-corrected chi connectivity index (χ2v) is 6.25. The van der Waals surface area contributed by atoms with Crippen LogP contribution in [0.2, 0.25) is 0 Å². The molecule has 2 N–H and O–H groups in total. The molecule has 112 valence electrons. The van der Waals surface area contributed by atoms with Crippen LogP contribution in [0, 0.1) is 0 Å². The second kappa shape index (κ2) is 5.43. The van der Waals surface area contributed by atoms with Gasteiger partial charge >= 0.3 is 0 Å². The van der Waals surface area contributed by atoms with Crippen molar-refractivity contribution in [3.8, 4) is 0 Å². The Labute approximate surface area is 126 Å².